The summed E-state index contributed by atoms with van der Waals surface area (Å²) in [5.74, 6) is 3.94. The molecule has 0 spiro atoms. The molecule has 0 fully saturated rings. The number of nitrogens with two attached hydrogens (primary N) is 1. The van der Waals surface area contributed by atoms with E-state index in [1.165, 1.54) is 0 Å². The first-order valence-corrected chi connectivity index (χ1v) is 6.53. The Balaban J connectivity index is 2.35. The minimum atomic E-state index is 0.473. The summed E-state index contributed by atoms with van der Waals surface area (Å²) in [7, 11) is 0. The molecule has 3 nitrogen and oxygen atoms in total. The molecule has 0 radical (unpaired) electrons. The maximum Gasteiger partial charge on any atom is 0.118 e. The molecule has 0 atom stereocenters. The molecule has 0 saturated carbocycles. The second-order valence-electron chi connectivity index (χ2n) is 5.35. The predicted molar refractivity (Wildman–Crippen MR) is 71.5 cm³/mol. The van der Waals surface area contributed by atoms with Crippen molar-refractivity contribution in [2.75, 3.05) is 6.54 Å². The van der Waals surface area contributed by atoms with Gasteiger partial charge in [0.05, 0.1) is 13.1 Å². The molecule has 3 N–H and O–H groups in total. The van der Waals surface area contributed by atoms with Crippen LogP contribution in [0, 0.1) is 17.8 Å². The van der Waals surface area contributed by atoms with Crippen LogP contribution in [0.5, 0.6) is 0 Å². The average Bonchev–Trinajstić information content (AvgIpc) is 2.71. The molecule has 3 heteroatoms. The fourth-order valence-corrected chi connectivity index (χ4v) is 2.23. The van der Waals surface area contributed by atoms with Crippen LogP contribution in [0.15, 0.2) is 16.5 Å². The SMILES string of the molecule is CC(C)C(CNCc1ccc(CN)o1)C(C)C. The second-order valence-corrected chi connectivity index (χ2v) is 5.35. The molecule has 1 heterocycles. The molecule has 17 heavy (non-hydrogen) atoms. The van der Waals surface area contributed by atoms with Crippen LogP contribution in [0.1, 0.15) is 39.2 Å². The molecule has 0 aliphatic heterocycles. The first kappa shape index (κ1) is 14.3. The fraction of sp³-hybridized carbons (Fsp3) is 0.714. The Labute approximate surface area is 105 Å². The van der Waals surface area contributed by atoms with E-state index in [9.17, 15) is 0 Å². The summed E-state index contributed by atoms with van der Waals surface area (Å²) in [4.78, 5) is 0. The molecule has 1 rings (SSSR count). The van der Waals surface area contributed by atoms with Gasteiger partial charge in [-0.1, -0.05) is 27.7 Å². The minimum Gasteiger partial charge on any atom is -0.463 e. The van der Waals surface area contributed by atoms with Crippen molar-refractivity contribution >= 4 is 0 Å². The van der Waals surface area contributed by atoms with Crippen LogP contribution in [-0.2, 0) is 13.1 Å². The molecule has 1 aromatic rings. The monoisotopic (exact) mass is 238 g/mol. The van der Waals surface area contributed by atoms with Gasteiger partial charge in [0.2, 0.25) is 0 Å². The van der Waals surface area contributed by atoms with E-state index in [2.05, 4.69) is 33.0 Å². The van der Waals surface area contributed by atoms with Crippen LogP contribution in [0.25, 0.3) is 0 Å². The van der Waals surface area contributed by atoms with E-state index in [0.29, 0.717) is 24.3 Å². The van der Waals surface area contributed by atoms with Crippen molar-refractivity contribution in [3.8, 4) is 0 Å². The van der Waals surface area contributed by atoms with Crippen molar-refractivity contribution in [2.24, 2.45) is 23.5 Å². The second kappa shape index (κ2) is 6.82. The number of nitrogens with one attached hydrogen (secondary N) is 1. The highest BCUT2D eigenvalue weighted by Gasteiger charge is 2.16. The Kier molecular flexibility index (Phi) is 5.72. The van der Waals surface area contributed by atoms with Crippen LogP contribution >= 0.6 is 0 Å². The zero-order valence-corrected chi connectivity index (χ0v) is 11.5. The number of hydrogen-bond acceptors (Lipinski definition) is 3. The quantitative estimate of drug-likeness (QED) is 0.768. The van der Waals surface area contributed by atoms with Gasteiger partial charge in [0.15, 0.2) is 0 Å². The normalized spacial score (nSPS) is 12.0. The molecule has 1 aromatic heterocycles. The molecule has 0 unspecified atom stereocenters. The Bertz CT molecular complexity index is 310. The number of hydrogen-bond donors (Lipinski definition) is 2. The largest absolute Gasteiger partial charge is 0.463 e. The number of rotatable bonds is 7. The van der Waals surface area contributed by atoms with Gasteiger partial charge in [0, 0.05) is 0 Å². The summed E-state index contributed by atoms with van der Waals surface area (Å²) in [6.07, 6.45) is 0. The molecular weight excluding hydrogens is 212 g/mol. The maximum absolute atomic E-state index is 5.55. The molecule has 0 aliphatic rings. The summed E-state index contributed by atoms with van der Waals surface area (Å²) in [6, 6.07) is 3.94. The van der Waals surface area contributed by atoms with Gasteiger partial charge in [-0.05, 0) is 36.4 Å². The average molecular weight is 238 g/mol. The summed E-state index contributed by atoms with van der Waals surface area (Å²) >= 11 is 0. The molecule has 0 amide bonds. The third-order valence-corrected chi connectivity index (χ3v) is 3.31. The van der Waals surface area contributed by atoms with Gasteiger partial charge < -0.3 is 15.5 Å². The van der Waals surface area contributed by atoms with E-state index in [-0.39, 0.29) is 0 Å². The van der Waals surface area contributed by atoms with Gasteiger partial charge in [-0.15, -0.1) is 0 Å². The lowest BCUT2D eigenvalue weighted by atomic mass is 9.85. The highest BCUT2D eigenvalue weighted by Crippen LogP contribution is 2.19. The van der Waals surface area contributed by atoms with Crippen molar-refractivity contribution in [1.82, 2.24) is 5.32 Å². The summed E-state index contributed by atoms with van der Waals surface area (Å²) in [5.41, 5.74) is 5.51. The van der Waals surface area contributed by atoms with Gasteiger partial charge in [-0.3, -0.25) is 0 Å². The van der Waals surface area contributed by atoms with E-state index in [4.69, 9.17) is 10.2 Å². The van der Waals surface area contributed by atoms with E-state index in [1.807, 2.05) is 12.1 Å². The molecule has 98 valence electrons. The van der Waals surface area contributed by atoms with Crippen LogP contribution < -0.4 is 11.1 Å². The van der Waals surface area contributed by atoms with E-state index < -0.39 is 0 Å². The highest BCUT2D eigenvalue weighted by atomic mass is 16.3. The minimum absolute atomic E-state index is 0.473. The molecule has 0 saturated heterocycles. The van der Waals surface area contributed by atoms with Gasteiger partial charge in [-0.2, -0.15) is 0 Å². The predicted octanol–water partition coefficient (Wildman–Crippen LogP) is 2.76. The van der Waals surface area contributed by atoms with E-state index in [1.54, 1.807) is 0 Å². The van der Waals surface area contributed by atoms with Gasteiger partial charge in [0.25, 0.3) is 0 Å². The smallest absolute Gasteiger partial charge is 0.118 e. The van der Waals surface area contributed by atoms with E-state index in [0.717, 1.165) is 24.6 Å². The summed E-state index contributed by atoms with van der Waals surface area (Å²) in [6.45, 7) is 11.4. The van der Waals surface area contributed by atoms with Crippen LogP contribution in [0.4, 0.5) is 0 Å². The summed E-state index contributed by atoms with van der Waals surface area (Å²) < 4.78 is 5.55. The van der Waals surface area contributed by atoms with Gasteiger partial charge in [0.1, 0.15) is 11.5 Å². The zero-order chi connectivity index (χ0) is 12.8. The molecular formula is C14H26N2O. The highest BCUT2D eigenvalue weighted by molar-refractivity contribution is 5.06. The van der Waals surface area contributed by atoms with Crippen molar-refractivity contribution in [3.05, 3.63) is 23.7 Å². The zero-order valence-electron chi connectivity index (χ0n) is 11.5. The third kappa shape index (κ3) is 4.52. The Morgan fingerprint density at radius 2 is 1.71 bits per heavy atom. The van der Waals surface area contributed by atoms with Crippen LogP contribution in [0.3, 0.4) is 0 Å². The molecule has 0 aromatic carbocycles. The first-order valence-electron chi connectivity index (χ1n) is 6.53. The van der Waals surface area contributed by atoms with Crippen LogP contribution in [0.2, 0.25) is 0 Å². The third-order valence-electron chi connectivity index (χ3n) is 3.31. The lowest BCUT2D eigenvalue weighted by Crippen LogP contribution is -2.29. The van der Waals surface area contributed by atoms with Crippen LogP contribution in [-0.4, -0.2) is 6.54 Å². The van der Waals surface area contributed by atoms with Crippen molar-refractivity contribution < 1.29 is 4.42 Å². The van der Waals surface area contributed by atoms with E-state index >= 15 is 0 Å². The number of furan rings is 1. The summed E-state index contributed by atoms with van der Waals surface area (Å²) in [5, 5.41) is 3.47. The standard InChI is InChI=1S/C14H26N2O/c1-10(2)14(11(3)4)9-16-8-13-6-5-12(7-15)17-13/h5-6,10-11,14,16H,7-9,15H2,1-4H3. The van der Waals surface area contributed by atoms with Crippen molar-refractivity contribution in [3.63, 3.8) is 0 Å². The lowest BCUT2D eigenvalue weighted by molar-refractivity contribution is 0.272. The lowest BCUT2D eigenvalue weighted by Gasteiger charge is -2.24. The molecule has 0 aliphatic carbocycles. The van der Waals surface area contributed by atoms with Gasteiger partial charge in [-0.25, -0.2) is 0 Å². The molecule has 0 bridgehead atoms. The fourth-order valence-electron chi connectivity index (χ4n) is 2.23. The topological polar surface area (TPSA) is 51.2 Å². The Hall–Kier alpha value is -0.800. The van der Waals surface area contributed by atoms with Crippen molar-refractivity contribution in [1.29, 1.82) is 0 Å². The maximum atomic E-state index is 5.55. The first-order chi connectivity index (χ1) is 8.04. The Morgan fingerprint density at radius 1 is 1.12 bits per heavy atom. The van der Waals surface area contributed by atoms with Crippen molar-refractivity contribution in [2.45, 2.75) is 40.8 Å². The van der Waals surface area contributed by atoms with Gasteiger partial charge >= 0.3 is 0 Å². The Morgan fingerprint density at radius 3 is 2.18 bits per heavy atom.